The highest BCUT2D eigenvalue weighted by atomic mass is 16.5. The lowest BCUT2D eigenvalue weighted by Gasteiger charge is -2.11. The molecule has 0 aliphatic rings. The van der Waals surface area contributed by atoms with Gasteiger partial charge in [-0.1, -0.05) is 0 Å². The summed E-state index contributed by atoms with van der Waals surface area (Å²) < 4.78 is 11.7. The van der Waals surface area contributed by atoms with Gasteiger partial charge in [-0.15, -0.1) is 0 Å². The summed E-state index contributed by atoms with van der Waals surface area (Å²) in [6.07, 6.45) is 3.07. The number of amides is 1. The van der Waals surface area contributed by atoms with Gasteiger partial charge in [-0.3, -0.25) is 14.2 Å². The SMILES string of the molecule is CCOc1nc2cccnc2n(CC(=O)NCc2ccco2)c1=O. The number of furan rings is 1. The molecule has 0 bridgehead atoms. The van der Waals surface area contributed by atoms with Crippen molar-refractivity contribution in [2.24, 2.45) is 0 Å². The van der Waals surface area contributed by atoms with Crippen molar-refractivity contribution in [3.05, 3.63) is 52.8 Å². The fourth-order valence-corrected chi connectivity index (χ4v) is 2.23. The zero-order valence-electron chi connectivity index (χ0n) is 13.1. The van der Waals surface area contributed by atoms with Crippen LogP contribution in [0.5, 0.6) is 5.88 Å². The van der Waals surface area contributed by atoms with E-state index in [0.29, 0.717) is 23.5 Å². The maximum Gasteiger partial charge on any atom is 0.315 e. The third kappa shape index (κ3) is 3.27. The summed E-state index contributed by atoms with van der Waals surface area (Å²) in [4.78, 5) is 33.0. The molecule has 3 rings (SSSR count). The summed E-state index contributed by atoms with van der Waals surface area (Å²) in [7, 11) is 0. The molecule has 24 heavy (non-hydrogen) atoms. The molecule has 8 nitrogen and oxygen atoms in total. The van der Waals surface area contributed by atoms with Crippen molar-refractivity contribution in [1.29, 1.82) is 0 Å². The van der Waals surface area contributed by atoms with Crippen LogP contribution in [0, 0.1) is 0 Å². The number of ether oxygens (including phenoxy) is 1. The third-order valence-corrected chi connectivity index (χ3v) is 3.29. The van der Waals surface area contributed by atoms with Gasteiger partial charge in [0.05, 0.1) is 19.4 Å². The van der Waals surface area contributed by atoms with Crippen molar-refractivity contribution < 1.29 is 13.9 Å². The van der Waals surface area contributed by atoms with E-state index in [4.69, 9.17) is 9.15 Å². The van der Waals surface area contributed by atoms with Gasteiger partial charge in [0.1, 0.15) is 17.8 Å². The maximum absolute atomic E-state index is 12.5. The predicted octanol–water partition coefficient (Wildman–Crippen LogP) is 1.10. The first-order valence-electron chi connectivity index (χ1n) is 7.46. The third-order valence-electron chi connectivity index (χ3n) is 3.29. The molecule has 0 unspecified atom stereocenters. The summed E-state index contributed by atoms with van der Waals surface area (Å²) in [6, 6.07) is 6.90. The van der Waals surface area contributed by atoms with E-state index in [1.807, 2.05) is 0 Å². The number of pyridine rings is 1. The van der Waals surface area contributed by atoms with Crippen LogP contribution >= 0.6 is 0 Å². The van der Waals surface area contributed by atoms with Crippen molar-refractivity contribution >= 4 is 17.1 Å². The van der Waals surface area contributed by atoms with Gasteiger partial charge in [-0.2, -0.15) is 0 Å². The minimum Gasteiger partial charge on any atom is -0.474 e. The fraction of sp³-hybridized carbons (Fsp3) is 0.250. The Balaban J connectivity index is 1.88. The van der Waals surface area contributed by atoms with Gasteiger partial charge >= 0.3 is 5.56 Å². The first kappa shape index (κ1) is 15.7. The van der Waals surface area contributed by atoms with Crippen molar-refractivity contribution in [3.8, 4) is 5.88 Å². The quantitative estimate of drug-likeness (QED) is 0.727. The van der Waals surface area contributed by atoms with E-state index < -0.39 is 5.56 Å². The molecule has 8 heteroatoms. The van der Waals surface area contributed by atoms with E-state index in [-0.39, 0.29) is 24.9 Å². The molecule has 3 aromatic heterocycles. The molecular weight excluding hydrogens is 312 g/mol. The molecule has 3 aromatic rings. The number of rotatable bonds is 6. The number of aromatic nitrogens is 3. The Kier molecular flexibility index (Phi) is 4.55. The Labute approximate surface area is 137 Å². The second-order valence-electron chi connectivity index (χ2n) is 4.94. The number of nitrogens with one attached hydrogen (secondary N) is 1. The number of hydrogen-bond donors (Lipinski definition) is 1. The lowest BCUT2D eigenvalue weighted by molar-refractivity contribution is -0.121. The highest BCUT2D eigenvalue weighted by Gasteiger charge is 2.15. The molecule has 0 aliphatic carbocycles. The first-order chi connectivity index (χ1) is 11.7. The van der Waals surface area contributed by atoms with Crippen LogP contribution in [0.3, 0.4) is 0 Å². The standard InChI is InChI=1S/C16H16N4O4/c1-2-23-15-16(22)20(14-12(19-15)6-3-7-17-14)10-13(21)18-9-11-5-4-8-24-11/h3-8H,2,9-10H2,1H3,(H,18,21). The van der Waals surface area contributed by atoms with Gasteiger partial charge in [-0.25, -0.2) is 9.97 Å². The highest BCUT2D eigenvalue weighted by Crippen LogP contribution is 2.10. The van der Waals surface area contributed by atoms with Crippen molar-refractivity contribution in [2.75, 3.05) is 6.61 Å². The van der Waals surface area contributed by atoms with Crippen molar-refractivity contribution in [1.82, 2.24) is 19.9 Å². The minimum atomic E-state index is -0.490. The number of carbonyl (C=O) groups is 1. The monoisotopic (exact) mass is 328 g/mol. The van der Waals surface area contributed by atoms with Crippen LogP contribution < -0.4 is 15.6 Å². The number of hydrogen-bond acceptors (Lipinski definition) is 6. The second-order valence-corrected chi connectivity index (χ2v) is 4.94. The van der Waals surface area contributed by atoms with Crippen LogP contribution in [-0.2, 0) is 17.9 Å². The Morgan fingerprint density at radius 3 is 3.00 bits per heavy atom. The lowest BCUT2D eigenvalue weighted by atomic mass is 10.4. The van der Waals surface area contributed by atoms with Gasteiger partial charge < -0.3 is 14.5 Å². The van der Waals surface area contributed by atoms with Crippen LogP contribution in [0.15, 0.2) is 45.9 Å². The highest BCUT2D eigenvalue weighted by molar-refractivity contribution is 5.78. The van der Waals surface area contributed by atoms with Crippen molar-refractivity contribution in [2.45, 2.75) is 20.0 Å². The smallest absolute Gasteiger partial charge is 0.315 e. The molecule has 1 N–H and O–H groups in total. The Hall–Kier alpha value is -3.16. The van der Waals surface area contributed by atoms with E-state index in [1.54, 1.807) is 37.4 Å². The van der Waals surface area contributed by atoms with Crippen LogP contribution in [0.4, 0.5) is 0 Å². The zero-order valence-corrected chi connectivity index (χ0v) is 13.1. The molecule has 3 heterocycles. The van der Waals surface area contributed by atoms with Crippen LogP contribution in [-0.4, -0.2) is 27.0 Å². The summed E-state index contributed by atoms with van der Waals surface area (Å²) in [6.45, 7) is 2.12. The Morgan fingerprint density at radius 2 is 2.25 bits per heavy atom. The van der Waals surface area contributed by atoms with E-state index in [2.05, 4.69) is 15.3 Å². The average Bonchev–Trinajstić information content (AvgIpc) is 3.10. The largest absolute Gasteiger partial charge is 0.474 e. The van der Waals surface area contributed by atoms with Gasteiger partial charge in [0, 0.05) is 6.20 Å². The van der Waals surface area contributed by atoms with Gasteiger partial charge in [0.25, 0.3) is 5.88 Å². The van der Waals surface area contributed by atoms with Crippen molar-refractivity contribution in [3.63, 3.8) is 0 Å². The molecule has 0 radical (unpaired) electrons. The second kappa shape index (κ2) is 6.95. The van der Waals surface area contributed by atoms with E-state index in [9.17, 15) is 9.59 Å². The molecule has 124 valence electrons. The number of nitrogens with zero attached hydrogens (tertiary/aromatic N) is 3. The molecule has 0 aliphatic heterocycles. The van der Waals surface area contributed by atoms with Crippen LogP contribution in [0.25, 0.3) is 11.2 Å². The maximum atomic E-state index is 12.5. The average molecular weight is 328 g/mol. The summed E-state index contributed by atoms with van der Waals surface area (Å²) >= 11 is 0. The topological polar surface area (TPSA) is 99.2 Å². The van der Waals surface area contributed by atoms with Crippen LogP contribution in [0.2, 0.25) is 0 Å². The summed E-state index contributed by atoms with van der Waals surface area (Å²) in [5, 5.41) is 2.70. The molecule has 0 atom stereocenters. The molecular formula is C16H16N4O4. The molecule has 0 saturated carbocycles. The number of carbonyl (C=O) groups excluding carboxylic acids is 1. The minimum absolute atomic E-state index is 0.0446. The lowest BCUT2D eigenvalue weighted by Crippen LogP contribution is -2.33. The predicted molar refractivity (Wildman–Crippen MR) is 85.5 cm³/mol. The van der Waals surface area contributed by atoms with E-state index >= 15 is 0 Å². The molecule has 1 amide bonds. The molecule has 0 spiro atoms. The van der Waals surface area contributed by atoms with Crippen LogP contribution in [0.1, 0.15) is 12.7 Å². The first-order valence-corrected chi connectivity index (χ1v) is 7.46. The summed E-state index contributed by atoms with van der Waals surface area (Å²) in [5.41, 5.74) is 0.328. The van der Waals surface area contributed by atoms with E-state index in [1.165, 1.54) is 10.8 Å². The Bertz CT molecular complexity index is 902. The summed E-state index contributed by atoms with van der Waals surface area (Å²) in [5.74, 6) is 0.245. The molecule has 0 fully saturated rings. The molecule has 0 aromatic carbocycles. The normalized spacial score (nSPS) is 10.7. The van der Waals surface area contributed by atoms with Gasteiger partial charge in [0.2, 0.25) is 5.91 Å². The molecule has 0 saturated heterocycles. The zero-order chi connectivity index (χ0) is 16.9. The van der Waals surface area contributed by atoms with Gasteiger partial charge in [0.15, 0.2) is 5.65 Å². The fourth-order valence-electron chi connectivity index (χ4n) is 2.23. The van der Waals surface area contributed by atoms with E-state index in [0.717, 1.165) is 0 Å². The Morgan fingerprint density at radius 1 is 1.38 bits per heavy atom. The van der Waals surface area contributed by atoms with Gasteiger partial charge in [-0.05, 0) is 31.2 Å². The number of fused-ring (bicyclic) bond motifs is 1.